The number of carbonyl (C=O) groups is 1. The first-order valence-corrected chi connectivity index (χ1v) is 8.67. The zero-order chi connectivity index (χ0) is 17.8. The fourth-order valence-electron chi connectivity index (χ4n) is 2.05. The van der Waals surface area contributed by atoms with E-state index in [0.29, 0.717) is 11.7 Å². The van der Waals surface area contributed by atoms with Gasteiger partial charge in [0.1, 0.15) is 22.7 Å². The third-order valence-electron chi connectivity index (χ3n) is 3.58. The lowest BCUT2D eigenvalue weighted by atomic mass is 10.1. The molecule has 0 radical (unpaired) electrons. The Morgan fingerprint density at radius 1 is 1.44 bits per heavy atom. The molecule has 0 bridgehead atoms. The number of aromatic nitrogens is 1. The Kier molecular flexibility index (Phi) is 5.05. The SMILES string of the molecule is CO/C=C(\Oc1cc(-c2nc(C#CC3CC3)cs2)ccc1C)C(=O)O. The molecule has 1 fully saturated rings. The van der Waals surface area contributed by atoms with E-state index in [1.54, 1.807) is 6.07 Å². The van der Waals surface area contributed by atoms with Crippen molar-refractivity contribution in [2.45, 2.75) is 19.8 Å². The van der Waals surface area contributed by atoms with E-state index in [1.807, 2.05) is 24.4 Å². The maximum absolute atomic E-state index is 11.2. The molecule has 0 amide bonds. The lowest BCUT2D eigenvalue weighted by molar-refractivity contribution is -0.135. The minimum atomic E-state index is -1.20. The first-order chi connectivity index (χ1) is 12.1. The zero-order valence-corrected chi connectivity index (χ0v) is 14.7. The van der Waals surface area contributed by atoms with Gasteiger partial charge < -0.3 is 14.6 Å². The summed E-state index contributed by atoms with van der Waals surface area (Å²) in [4.78, 5) is 15.7. The van der Waals surface area contributed by atoms with Gasteiger partial charge >= 0.3 is 5.97 Å². The molecular formula is C19H17NO4S. The van der Waals surface area contributed by atoms with Gasteiger partial charge in [0.05, 0.1) is 7.11 Å². The molecule has 6 heteroatoms. The van der Waals surface area contributed by atoms with E-state index in [1.165, 1.54) is 31.3 Å². The Labute approximate surface area is 149 Å². The number of ether oxygens (including phenoxy) is 2. The highest BCUT2D eigenvalue weighted by Crippen LogP contribution is 2.31. The van der Waals surface area contributed by atoms with Crippen molar-refractivity contribution in [3.8, 4) is 28.2 Å². The summed E-state index contributed by atoms with van der Waals surface area (Å²) in [6.07, 6.45) is 3.43. The highest BCUT2D eigenvalue weighted by atomic mass is 32.1. The molecule has 0 spiro atoms. The number of methoxy groups -OCH3 is 1. The van der Waals surface area contributed by atoms with Crippen molar-refractivity contribution < 1.29 is 19.4 Å². The molecule has 1 aromatic heterocycles. The van der Waals surface area contributed by atoms with Crippen molar-refractivity contribution >= 4 is 17.3 Å². The molecule has 1 heterocycles. The quantitative estimate of drug-likeness (QED) is 0.501. The fourth-order valence-corrected chi connectivity index (χ4v) is 2.80. The average molecular weight is 355 g/mol. The summed E-state index contributed by atoms with van der Waals surface area (Å²) in [7, 11) is 1.37. The number of hydrogen-bond acceptors (Lipinski definition) is 5. The summed E-state index contributed by atoms with van der Waals surface area (Å²) < 4.78 is 10.2. The summed E-state index contributed by atoms with van der Waals surface area (Å²) in [5, 5.41) is 11.9. The lowest BCUT2D eigenvalue weighted by Gasteiger charge is -2.10. The number of carboxylic acid groups (broad SMARTS) is 1. The van der Waals surface area contributed by atoms with Crippen molar-refractivity contribution in [3.05, 3.63) is 46.9 Å². The molecule has 5 nitrogen and oxygen atoms in total. The van der Waals surface area contributed by atoms with Crippen molar-refractivity contribution in [1.82, 2.24) is 4.98 Å². The maximum Gasteiger partial charge on any atom is 0.375 e. The van der Waals surface area contributed by atoms with E-state index in [2.05, 4.69) is 16.8 Å². The van der Waals surface area contributed by atoms with Gasteiger partial charge in [-0.1, -0.05) is 18.1 Å². The molecule has 0 aliphatic heterocycles. The van der Waals surface area contributed by atoms with Crippen LogP contribution in [0.4, 0.5) is 0 Å². The summed E-state index contributed by atoms with van der Waals surface area (Å²) >= 11 is 1.50. The van der Waals surface area contributed by atoms with Gasteiger partial charge in [-0.3, -0.25) is 0 Å². The number of benzene rings is 1. The predicted octanol–water partition coefficient (Wildman–Crippen LogP) is 3.83. The van der Waals surface area contributed by atoms with E-state index >= 15 is 0 Å². The number of hydrogen-bond donors (Lipinski definition) is 1. The molecule has 0 saturated heterocycles. The third-order valence-corrected chi connectivity index (χ3v) is 4.47. The smallest absolute Gasteiger partial charge is 0.375 e. The van der Waals surface area contributed by atoms with Gasteiger partial charge in [0.15, 0.2) is 0 Å². The van der Waals surface area contributed by atoms with E-state index in [-0.39, 0.29) is 5.76 Å². The van der Waals surface area contributed by atoms with Gasteiger partial charge in [-0.2, -0.15) is 0 Å². The van der Waals surface area contributed by atoms with Crippen LogP contribution < -0.4 is 4.74 Å². The molecule has 1 aliphatic rings. The van der Waals surface area contributed by atoms with E-state index in [4.69, 9.17) is 14.6 Å². The normalized spacial score (nSPS) is 13.8. The molecule has 0 unspecified atom stereocenters. The van der Waals surface area contributed by atoms with Gasteiger partial charge in [0.2, 0.25) is 5.76 Å². The molecule has 3 rings (SSSR count). The number of rotatable bonds is 5. The number of aryl methyl sites for hydroxylation is 1. The Hall–Kier alpha value is -2.78. The van der Waals surface area contributed by atoms with Gasteiger partial charge in [-0.05, 0) is 37.3 Å². The predicted molar refractivity (Wildman–Crippen MR) is 95.2 cm³/mol. The lowest BCUT2D eigenvalue weighted by Crippen LogP contribution is -2.09. The number of carboxylic acids is 1. The summed E-state index contributed by atoms with van der Waals surface area (Å²) in [5.74, 6) is 5.80. The molecule has 1 aliphatic carbocycles. The Morgan fingerprint density at radius 3 is 2.92 bits per heavy atom. The first kappa shape index (κ1) is 17.1. The van der Waals surface area contributed by atoms with E-state index < -0.39 is 5.97 Å². The number of aliphatic carboxylic acids is 1. The topological polar surface area (TPSA) is 68.7 Å². The molecule has 1 N–H and O–H groups in total. The maximum atomic E-state index is 11.2. The Balaban J connectivity index is 1.85. The third kappa shape index (κ3) is 4.40. The average Bonchev–Trinajstić information content (AvgIpc) is 3.30. The van der Waals surface area contributed by atoms with Gasteiger partial charge in [0.25, 0.3) is 0 Å². The van der Waals surface area contributed by atoms with Crippen LogP contribution in [0.3, 0.4) is 0 Å². The van der Waals surface area contributed by atoms with Crippen molar-refractivity contribution in [3.63, 3.8) is 0 Å². The highest BCUT2D eigenvalue weighted by molar-refractivity contribution is 7.13. The second-order valence-electron chi connectivity index (χ2n) is 5.69. The van der Waals surface area contributed by atoms with Gasteiger partial charge in [-0.15, -0.1) is 11.3 Å². The standard InChI is InChI=1S/C19H17NO4S/c1-12-3-7-14(9-16(12)24-17(10-23-2)19(21)22)18-20-15(11-25-18)8-6-13-4-5-13/h3,7,9-11,13H,4-5H2,1-2H3,(H,21,22)/b17-10-. The summed E-state index contributed by atoms with van der Waals surface area (Å²) in [5.41, 5.74) is 2.44. The monoisotopic (exact) mass is 355 g/mol. The van der Waals surface area contributed by atoms with Crippen molar-refractivity contribution in [2.24, 2.45) is 5.92 Å². The molecule has 2 aromatic rings. The minimum absolute atomic E-state index is 0.280. The first-order valence-electron chi connectivity index (χ1n) is 7.79. The Morgan fingerprint density at radius 2 is 2.24 bits per heavy atom. The minimum Gasteiger partial charge on any atom is -0.500 e. The van der Waals surface area contributed by atoms with Crippen LogP contribution in [0.15, 0.2) is 35.6 Å². The Bertz CT molecular complexity index is 884. The molecule has 0 atom stereocenters. The van der Waals surface area contributed by atoms with Crippen molar-refractivity contribution in [1.29, 1.82) is 0 Å². The molecule has 1 saturated carbocycles. The molecule has 25 heavy (non-hydrogen) atoms. The summed E-state index contributed by atoms with van der Waals surface area (Å²) in [6, 6.07) is 5.58. The van der Waals surface area contributed by atoms with E-state index in [9.17, 15) is 4.79 Å². The van der Waals surface area contributed by atoms with E-state index in [0.717, 1.165) is 28.1 Å². The number of nitrogens with zero attached hydrogens (tertiary/aromatic N) is 1. The number of thiazole rings is 1. The van der Waals surface area contributed by atoms with Crippen LogP contribution >= 0.6 is 11.3 Å². The van der Waals surface area contributed by atoms with Crippen LogP contribution in [0.25, 0.3) is 10.6 Å². The van der Waals surface area contributed by atoms with Gasteiger partial charge in [-0.25, -0.2) is 9.78 Å². The van der Waals surface area contributed by atoms with Gasteiger partial charge in [0, 0.05) is 16.9 Å². The van der Waals surface area contributed by atoms with Crippen molar-refractivity contribution in [2.75, 3.05) is 7.11 Å². The highest BCUT2D eigenvalue weighted by Gasteiger charge is 2.18. The fraction of sp³-hybridized carbons (Fsp3) is 0.263. The van der Waals surface area contributed by atoms with Crippen LogP contribution in [0.5, 0.6) is 5.75 Å². The largest absolute Gasteiger partial charge is 0.500 e. The van der Waals surface area contributed by atoms with Crippen LogP contribution in [0.1, 0.15) is 24.1 Å². The van der Waals surface area contributed by atoms with Crippen LogP contribution in [-0.4, -0.2) is 23.2 Å². The van der Waals surface area contributed by atoms with Crippen LogP contribution in [0.2, 0.25) is 0 Å². The molecular weight excluding hydrogens is 338 g/mol. The summed E-state index contributed by atoms with van der Waals surface area (Å²) in [6.45, 7) is 1.85. The second-order valence-corrected chi connectivity index (χ2v) is 6.54. The molecule has 1 aromatic carbocycles. The van der Waals surface area contributed by atoms with Crippen LogP contribution in [-0.2, 0) is 9.53 Å². The second kappa shape index (κ2) is 7.41. The zero-order valence-electron chi connectivity index (χ0n) is 13.9. The molecule has 128 valence electrons. The van der Waals surface area contributed by atoms with Crippen LogP contribution in [0, 0.1) is 24.7 Å².